The SMILES string of the molecule is COc1cccc(-c2cc(C(=O)NCCc3ccc(OC4CCCCC4)cc3-c3cccc(F)c3)ccc2OC)c1. The summed E-state index contributed by atoms with van der Waals surface area (Å²) in [5.74, 6) is 1.73. The first-order chi connectivity index (χ1) is 20.0. The Kier molecular flexibility index (Phi) is 9.19. The van der Waals surface area contributed by atoms with Gasteiger partial charge in [0.2, 0.25) is 0 Å². The van der Waals surface area contributed by atoms with Gasteiger partial charge in [0.25, 0.3) is 5.91 Å². The molecule has 5 rings (SSSR count). The Bertz CT molecular complexity index is 1500. The Morgan fingerprint density at radius 3 is 2.34 bits per heavy atom. The number of hydrogen-bond donors (Lipinski definition) is 1. The quantitative estimate of drug-likeness (QED) is 0.217. The average molecular weight is 554 g/mol. The molecular weight excluding hydrogens is 517 g/mol. The van der Waals surface area contributed by atoms with Crippen molar-refractivity contribution in [2.45, 2.75) is 44.6 Å². The fraction of sp³-hybridized carbons (Fsp3) is 0.286. The zero-order valence-corrected chi connectivity index (χ0v) is 23.6. The van der Waals surface area contributed by atoms with Gasteiger partial charge >= 0.3 is 0 Å². The Morgan fingerprint density at radius 2 is 1.59 bits per heavy atom. The van der Waals surface area contributed by atoms with Crippen LogP contribution < -0.4 is 19.5 Å². The number of amides is 1. The van der Waals surface area contributed by atoms with Crippen molar-refractivity contribution in [1.82, 2.24) is 5.32 Å². The Hall–Kier alpha value is -4.32. The summed E-state index contributed by atoms with van der Waals surface area (Å²) in [7, 11) is 3.23. The molecule has 212 valence electrons. The molecular formula is C35H36FNO4. The summed E-state index contributed by atoms with van der Waals surface area (Å²) >= 11 is 0. The summed E-state index contributed by atoms with van der Waals surface area (Å²) in [4.78, 5) is 13.2. The van der Waals surface area contributed by atoms with Crippen LogP contribution in [0.1, 0.15) is 48.0 Å². The molecule has 4 aromatic rings. The summed E-state index contributed by atoms with van der Waals surface area (Å²) < 4.78 is 31.4. The van der Waals surface area contributed by atoms with Crippen LogP contribution in [0.2, 0.25) is 0 Å². The predicted octanol–water partition coefficient (Wildman–Crippen LogP) is 7.86. The molecule has 41 heavy (non-hydrogen) atoms. The maximum Gasteiger partial charge on any atom is 0.251 e. The highest BCUT2D eigenvalue weighted by Gasteiger charge is 2.17. The lowest BCUT2D eigenvalue weighted by Gasteiger charge is -2.23. The van der Waals surface area contributed by atoms with Crippen molar-refractivity contribution in [2.75, 3.05) is 20.8 Å². The van der Waals surface area contributed by atoms with Gasteiger partial charge in [0.05, 0.1) is 20.3 Å². The molecule has 4 aromatic carbocycles. The molecule has 0 atom stereocenters. The molecule has 0 aromatic heterocycles. The normalized spacial score (nSPS) is 13.4. The topological polar surface area (TPSA) is 56.8 Å². The number of benzene rings is 4. The van der Waals surface area contributed by atoms with E-state index >= 15 is 0 Å². The van der Waals surface area contributed by atoms with Crippen molar-refractivity contribution >= 4 is 5.91 Å². The van der Waals surface area contributed by atoms with Gasteiger partial charge in [0, 0.05) is 17.7 Å². The lowest BCUT2D eigenvalue weighted by molar-refractivity contribution is 0.0954. The highest BCUT2D eigenvalue weighted by molar-refractivity contribution is 5.96. The van der Waals surface area contributed by atoms with E-state index in [-0.39, 0.29) is 17.8 Å². The van der Waals surface area contributed by atoms with E-state index in [1.807, 2.05) is 54.6 Å². The fourth-order valence-corrected chi connectivity index (χ4v) is 5.43. The number of nitrogens with one attached hydrogen (secondary N) is 1. The highest BCUT2D eigenvalue weighted by Crippen LogP contribution is 2.34. The predicted molar refractivity (Wildman–Crippen MR) is 160 cm³/mol. The lowest BCUT2D eigenvalue weighted by atomic mass is 9.96. The van der Waals surface area contributed by atoms with Gasteiger partial charge in [-0.3, -0.25) is 4.79 Å². The molecule has 0 aliphatic heterocycles. The van der Waals surface area contributed by atoms with E-state index in [9.17, 15) is 9.18 Å². The van der Waals surface area contributed by atoms with Crippen LogP contribution in [0, 0.1) is 5.82 Å². The van der Waals surface area contributed by atoms with E-state index in [1.54, 1.807) is 38.5 Å². The molecule has 1 amide bonds. The van der Waals surface area contributed by atoms with E-state index in [4.69, 9.17) is 14.2 Å². The number of hydrogen-bond acceptors (Lipinski definition) is 4. The van der Waals surface area contributed by atoms with Gasteiger partial charge in [-0.1, -0.05) is 36.8 Å². The standard InChI is InChI=1S/C35H36FNO4/c1-39-30-13-7-9-26(21-30)33-22-27(15-17-34(33)40-2)35(38)37-19-18-24-14-16-31(41-29-11-4-3-5-12-29)23-32(24)25-8-6-10-28(36)20-25/h6-10,13-17,20-23,29H,3-5,11-12,18-19H2,1-2H3,(H,37,38). The molecule has 1 aliphatic carbocycles. The van der Waals surface area contributed by atoms with Crippen molar-refractivity contribution in [3.63, 3.8) is 0 Å². The van der Waals surface area contributed by atoms with E-state index in [0.29, 0.717) is 24.3 Å². The minimum atomic E-state index is -0.285. The maximum atomic E-state index is 14.2. The number of carbonyl (C=O) groups excluding carboxylic acids is 1. The molecule has 1 N–H and O–H groups in total. The third kappa shape index (κ3) is 7.07. The number of methoxy groups -OCH3 is 2. The smallest absolute Gasteiger partial charge is 0.251 e. The first kappa shape index (κ1) is 28.2. The monoisotopic (exact) mass is 553 g/mol. The third-order valence-electron chi connectivity index (χ3n) is 7.59. The van der Waals surface area contributed by atoms with Crippen LogP contribution in [0.3, 0.4) is 0 Å². The van der Waals surface area contributed by atoms with Crippen molar-refractivity contribution in [1.29, 1.82) is 0 Å². The zero-order valence-electron chi connectivity index (χ0n) is 23.6. The molecule has 0 heterocycles. The first-order valence-electron chi connectivity index (χ1n) is 14.2. The Morgan fingerprint density at radius 1 is 0.805 bits per heavy atom. The number of rotatable bonds is 10. The second-order valence-electron chi connectivity index (χ2n) is 10.4. The first-order valence-corrected chi connectivity index (χ1v) is 14.2. The summed E-state index contributed by atoms with van der Waals surface area (Å²) in [6.45, 7) is 0.421. The molecule has 1 aliphatic rings. The molecule has 0 unspecified atom stereocenters. The molecule has 1 fully saturated rings. The third-order valence-corrected chi connectivity index (χ3v) is 7.59. The van der Waals surface area contributed by atoms with E-state index in [2.05, 4.69) is 5.32 Å². The van der Waals surface area contributed by atoms with E-state index in [1.165, 1.54) is 25.3 Å². The second-order valence-corrected chi connectivity index (χ2v) is 10.4. The largest absolute Gasteiger partial charge is 0.497 e. The number of ether oxygens (including phenoxy) is 3. The van der Waals surface area contributed by atoms with Crippen LogP contribution in [0.15, 0.2) is 84.9 Å². The summed E-state index contributed by atoms with van der Waals surface area (Å²) in [5, 5.41) is 3.05. The van der Waals surface area contributed by atoms with Crippen LogP contribution in [0.5, 0.6) is 17.2 Å². The number of halogens is 1. The minimum Gasteiger partial charge on any atom is -0.497 e. The fourth-order valence-electron chi connectivity index (χ4n) is 5.43. The molecule has 0 radical (unpaired) electrons. The number of carbonyl (C=O) groups is 1. The van der Waals surface area contributed by atoms with Crippen LogP contribution in [0.4, 0.5) is 4.39 Å². The molecule has 1 saturated carbocycles. The van der Waals surface area contributed by atoms with Crippen LogP contribution in [0.25, 0.3) is 22.3 Å². The van der Waals surface area contributed by atoms with Crippen LogP contribution >= 0.6 is 0 Å². The molecule has 5 nitrogen and oxygen atoms in total. The Labute approximate surface area is 241 Å². The zero-order chi connectivity index (χ0) is 28.6. The summed E-state index contributed by atoms with van der Waals surface area (Å²) in [6, 6.07) is 25.7. The van der Waals surface area contributed by atoms with Crippen molar-refractivity contribution in [3.05, 3.63) is 102 Å². The van der Waals surface area contributed by atoms with Gasteiger partial charge in [0.15, 0.2) is 0 Å². The average Bonchev–Trinajstić information content (AvgIpc) is 3.01. The van der Waals surface area contributed by atoms with Crippen molar-refractivity contribution in [3.8, 4) is 39.5 Å². The lowest BCUT2D eigenvalue weighted by Crippen LogP contribution is -2.26. The minimum absolute atomic E-state index is 0.179. The van der Waals surface area contributed by atoms with Crippen LogP contribution in [-0.4, -0.2) is 32.8 Å². The van der Waals surface area contributed by atoms with Gasteiger partial charge in [0.1, 0.15) is 23.1 Å². The van der Waals surface area contributed by atoms with Gasteiger partial charge in [-0.15, -0.1) is 0 Å². The van der Waals surface area contributed by atoms with Gasteiger partial charge in [-0.2, -0.15) is 0 Å². The highest BCUT2D eigenvalue weighted by atomic mass is 19.1. The molecule has 0 bridgehead atoms. The van der Waals surface area contributed by atoms with E-state index < -0.39 is 0 Å². The maximum absolute atomic E-state index is 14.2. The van der Waals surface area contributed by atoms with Gasteiger partial charge < -0.3 is 19.5 Å². The van der Waals surface area contributed by atoms with Crippen molar-refractivity contribution in [2.24, 2.45) is 0 Å². The van der Waals surface area contributed by atoms with Gasteiger partial charge in [-0.25, -0.2) is 4.39 Å². The van der Waals surface area contributed by atoms with Crippen LogP contribution in [-0.2, 0) is 6.42 Å². The van der Waals surface area contributed by atoms with Crippen molar-refractivity contribution < 1.29 is 23.4 Å². The molecule has 0 spiro atoms. The Balaban J connectivity index is 1.32. The second kappa shape index (κ2) is 13.4. The molecule has 0 saturated heterocycles. The van der Waals surface area contributed by atoms with E-state index in [0.717, 1.165) is 52.2 Å². The molecule has 6 heteroatoms. The summed E-state index contributed by atoms with van der Waals surface area (Å²) in [6.07, 6.45) is 6.57. The van der Waals surface area contributed by atoms with Gasteiger partial charge in [-0.05, 0) is 109 Å². The summed E-state index contributed by atoms with van der Waals surface area (Å²) in [5.41, 5.74) is 4.95.